The lowest BCUT2D eigenvalue weighted by atomic mass is 9.99. The van der Waals surface area contributed by atoms with Crippen LogP contribution in [0.4, 0.5) is 0 Å². The van der Waals surface area contributed by atoms with E-state index in [9.17, 15) is 4.79 Å². The standard InChI is InChI=1S/C12H19N3OS.2ClH/c1-2-10-7-14-11(17-10)8-15-12(16)9-4-3-5-13-6-9;;/h7,9,13H,2-6,8H2,1H3,(H,15,16);2*1H. The lowest BCUT2D eigenvalue weighted by Gasteiger charge is -2.21. The number of carbonyl (C=O) groups is 1. The lowest BCUT2D eigenvalue weighted by molar-refractivity contribution is -0.125. The summed E-state index contributed by atoms with van der Waals surface area (Å²) in [5.41, 5.74) is 0. The number of hydrogen-bond donors (Lipinski definition) is 2. The Morgan fingerprint density at radius 3 is 2.95 bits per heavy atom. The summed E-state index contributed by atoms with van der Waals surface area (Å²) in [6, 6.07) is 0. The quantitative estimate of drug-likeness (QED) is 0.892. The molecule has 1 atom stereocenters. The van der Waals surface area contributed by atoms with Gasteiger partial charge < -0.3 is 10.6 Å². The molecule has 1 fully saturated rings. The Morgan fingerprint density at radius 2 is 2.37 bits per heavy atom. The molecule has 19 heavy (non-hydrogen) atoms. The number of nitrogens with zero attached hydrogens (tertiary/aromatic N) is 1. The molecular formula is C12H21Cl2N3OS. The first-order chi connectivity index (χ1) is 8.29. The smallest absolute Gasteiger partial charge is 0.224 e. The Balaban J connectivity index is 0.00000162. The highest BCUT2D eigenvalue weighted by Crippen LogP contribution is 2.14. The molecule has 1 aliphatic heterocycles. The zero-order chi connectivity index (χ0) is 12.1. The van der Waals surface area contributed by atoms with E-state index in [0.29, 0.717) is 6.54 Å². The van der Waals surface area contributed by atoms with Crippen LogP contribution in [-0.4, -0.2) is 24.0 Å². The molecule has 0 bridgehead atoms. The van der Waals surface area contributed by atoms with Gasteiger partial charge in [-0.25, -0.2) is 4.98 Å². The average Bonchev–Trinajstić information content (AvgIpc) is 2.85. The van der Waals surface area contributed by atoms with Gasteiger partial charge in [-0.1, -0.05) is 6.92 Å². The van der Waals surface area contributed by atoms with Crippen molar-refractivity contribution in [3.8, 4) is 0 Å². The van der Waals surface area contributed by atoms with Gasteiger partial charge in [0.25, 0.3) is 0 Å². The second-order valence-corrected chi connectivity index (χ2v) is 5.53. The van der Waals surface area contributed by atoms with Crippen molar-refractivity contribution < 1.29 is 4.79 Å². The highest BCUT2D eigenvalue weighted by molar-refractivity contribution is 7.11. The van der Waals surface area contributed by atoms with Crippen LogP contribution in [0.2, 0.25) is 0 Å². The molecule has 1 unspecified atom stereocenters. The largest absolute Gasteiger partial charge is 0.349 e. The van der Waals surface area contributed by atoms with Crippen molar-refractivity contribution in [3.05, 3.63) is 16.1 Å². The van der Waals surface area contributed by atoms with Crippen molar-refractivity contribution in [3.63, 3.8) is 0 Å². The van der Waals surface area contributed by atoms with Crippen molar-refractivity contribution >= 4 is 42.1 Å². The summed E-state index contributed by atoms with van der Waals surface area (Å²) < 4.78 is 0. The van der Waals surface area contributed by atoms with Crippen LogP contribution >= 0.6 is 36.2 Å². The van der Waals surface area contributed by atoms with Crippen LogP contribution in [0, 0.1) is 5.92 Å². The maximum atomic E-state index is 11.9. The molecule has 1 aromatic rings. The van der Waals surface area contributed by atoms with Crippen LogP contribution < -0.4 is 10.6 Å². The Kier molecular flexibility index (Phi) is 9.35. The zero-order valence-electron chi connectivity index (χ0n) is 11.0. The van der Waals surface area contributed by atoms with Crippen molar-refractivity contribution in [1.82, 2.24) is 15.6 Å². The molecule has 1 aromatic heterocycles. The maximum absolute atomic E-state index is 11.9. The molecule has 0 saturated carbocycles. The third-order valence-corrected chi connectivity index (χ3v) is 4.17. The number of thiazole rings is 1. The third-order valence-electron chi connectivity index (χ3n) is 3.03. The number of carbonyl (C=O) groups excluding carboxylic acids is 1. The van der Waals surface area contributed by atoms with Gasteiger partial charge >= 0.3 is 0 Å². The van der Waals surface area contributed by atoms with Gasteiger partial charge in [0.2, 0.25) is 5.91 Å². The molecule has 2 heterocycles. The molecule has 1 amide bonds. The van der Waals surface area contributed by atoms with Crippen molar-refractivity contribution in [1.29, 1.82) is 0 Å². The van der Waals surface area contributed by atoms with E-state index in [4.69, 9.17) is 0 Å². The summed E-state index contributed by atoms with van der Waals surface area (Å²) in [6.45, 7) is 4.53. The number of aryl methyl sites for hydroxylation is 1. The molecule has 0 radical (unpaired) electrons. The van der Waals surface area contributed by atoms with E-state index >= 15 is 0 Å². The number of piperidine rings is 1. The van der Waals surface area contributed by atoms with Gasteiger partial charge in [-0.15, -0.1) is 36.2 Å². The SMILES string of the molecule is CCc1cnc(CNC(=O)C2CCCNC2)s1.Cl.Cl. The molecular weight excluding hydrogens is 305 g/mol. The second-order valence-electron chi connectivity index (χ2n) is 4.33. The number of aromatic nitrogens is 1. The van der Waals surface area contributed by atoms with Crippen LogP contribution in [0.5, 0.6) is 0 Å². The van der Waals surface area contributed by atoms with Gasteiger partial charge in [0.1, 0.15) is 5.01 Å². The fraction of sp³-hybridized carbons (Fsp3) is 0.667. The third kappa shape index (κ3) is 5.65. The highest BCUT2D eigenvalue weighted by atomic mass is 35.5. The molecule has 4 nitrogen and oxygen atoms in total. The molecule has 0 spiro atoms. The first-order valence-electron chi connectivity index (χ1n) is 6.21. The Morgan fingerprint density at radius 1 is 1.58 bits per heavy atom. The lowest BCUT2D eigenvalue weighted by Crippen LogP contribution is -2.40. The molecule has 2 N–H and O–H groups in total. The fourth-order valence-corrected chi connectivity index (χ4v) is 2.78. The molecule has 7 heteroatoms. The number of amides is 1. The minimum atomic E-state index is 0. The van der Waals surface area contributed by atoms with E-state index in [1.54, 1.807) is 11.3 Å². The molecule has 1 aliphatic rings. The summed E-state index contributed by atoms with van der Waals surface area (Å²) in [5.74, 6) is 0.291. The van der Waals surface area contributed by atoms with Gasteiger partial charge in [0.05, 0.1) is 12.5 Å². The second kappa shape index (κ2) is 9.53. The van der Waals surface area contributed by atoms with Crippen LogP contribution in [0.3, 0.4) is 0 Å². The number of hydrogen-bond acceptors (Lipinski definition) is 4. The first kappa shape index (κ1) is 18.6. The summed E-state index contributed by atoms with van der Waals surface area (Å²) in [6.07, 6.45) is 5.00. The van der Waals surface area contributed by atoms with Crippen molar-refractivity contribution in [2.75, 3.05) is 13.1 Å². The first-order valence-corrected chi connectivity index (χ1v) is 7.03. The Bertz CT molecular complexity index is 381. The Hall–Kier alpha value is -0.360. The number of nitrogens with one attached hydrogen (secondary N) is 2. The van der Waals surface area contributed by atoms with E-state index in [1.807, 2.05) is 6.20 Å². The number of halogens is 2. The van der Waals surface area contributed by atoms with E-state index < -0.39 is 0 Å². The van der Waals surface area contributed by atoms with Gasteiger partial charge in [0, 0.05) is 17.6 Å². The topological polar surface area (TPSA) is 54.0 Å². The monoisotopic (exact) mass is 325 g/mol. The van der Waals surface area contributed by atoms with Crippen LogP contribution in [0.15, 0.2) is 6.20 Å². The average molecular weight is 326 g/mol. The maximum Gasteiger partial charge on any atom is 0.224 e. The normalized spacial score (nSPS) is 18.1. The van der Waals surface area contributed by atoms with Gasteiger partial charge in [-0.2, -0.15) is 0 Å². The molecule has 0 aliphatic carbocycles. The predicted octanol–water partition coefficient (Wildman–Crippen LogP) is 2.16. The summed E-state index contributed by atoms with van der Waals surface area (Å²) in [5, 5.41) is 7.23. The van der Waals surface area contributed by atoms with Gasteiger partial charge in [-0.3, -0.25) is 4.79 Å². The van der Waals surface area contributed by atoms with Gasteiger partial charge in [0.15, 0.2) is 0 Å². The molecule has 2 rings (SSSR count). The van der Waals surface area contributed by atoms with Crippen molar-refractivity contribution in [2.45, 2.75) is 32.7 Å². The number of rotatable bonds is 4. The molecule has 1 saturated heterocycles. The van der Waals surface area contributed by atoms with E-state index in [-0.39, 0.29) is 36.6 Å². The minimum absolute atomic E-state index is 0. The van der Waals surface area contributed by atoms with Crippen molar-refractivity contribution in [2.24, 2.45) is 5.92 Å². The molecule has 110 valence electrons. The summed E-state index contributed by atoms with van der Waals surface area (Å²) in [7, 11) is 0. The van der Waals surface area contributed by atoms with Crippen LogP contribution in [0.25, 0.3) is 0 Å². The summed E-state index contributed by atoms with van der Waals surface area (Å²) in [4.78, 5) is 17.4. The van der Waals surface area contributed by atoms with E-state index in [1.165, 1.54) is 4.88 Å². The van der Waals surface area contributed by atoms with E-state index in [0.717, 1.165) is 37.4 Å². The van der Waals surface area contributed by atoms with E-state index in [2.05, 4.69) is 22.5 Å². The highest BCUT2D eigenvalue weighted by Gasteiger charge is 2.20. The summed E-state index contributed by atoms with van der Waals surface area (Å²) >= 11 is 1.68. The fourth-order valence-electron chi connectivity index (χ4n) is 1.98. The Labute approximate surface area is 130 Å². The van der Waals surface area contributed by atoms with Crippen LogP contribution in [0.1, 0.15) is 29.7 Å². The zero-order valence-corrected chi connectivity index (χ0v) is 13.4. The van der Waals surface area contributed by atoms with Crippen LogP contribution in [-0.2, 0) is 17.8 Å². The predicted molar refractivity (Wildman–Crippen MR) is 83.4 cm³/mol. The molecule has 0 aromatic carbocycles. The van der Waals surface area contributed by atoms with Gasteiger partial charge in [-0.05, 0) is 25.8 Å². The minimum Gasteiger partial charge on any atom is -0.349 e.